The molecule has 8 heteroatoms. The van der Waals surface area contributed by atoms with Crippen molar-refractivity contribution in [2.24, 2.45) is 10.2 Å². The van der Waals surface area contributed by atoms with Crippen LogP contribution in [0.15, 0.2) is 119 Å². The minimum atomic E-state index is -0.613. The lowest BCUT2D eigenvalue weighted by atomic mass is 9.98. The molecular weight excluding hydrogens is 542 g/mol. The highest BCUT2D eigenvalue weighted by atomic mass is 32.2. The van der Waals surface area contributed by atoms with E-state index in [0.29, 0.717) is 12.2 Å². The van der Waals surface area contributed by atoms with Gasteiger partial charge in [-0.05, 0) is 66.6 Å². The Labute approximate surface area is 250 Å². The summed E-state index contributed by atoms with van der Waals surface area (Å²) in [6, 6.07) is 36.9. The third-order valence-electron chi connectivity index (χ3n) is 8.00. The molecule has 0 radical (unpaired) electrons. The highest BCUT2D eigenvalue weighted by molar-refractivity contribution is 8.02. The zero-order valence-electron chi connectivity index (χ0n) is 23.6. The van der Waals surface area contributed by atoms with Crippen molar-refractivity contribution in [3.05, 3.63) is 120 Å². The van der Waals surface area contributed by atoms with Crippen LogP contribution in [-0.2, 0) is 4.79 Å². The molecule has 1 spiro atoms. The fourth-order valence-electron chi connectivity index (χ4n) is 6.05. The van der Waals surface area contributed by atoms with Gasteiger partial charge in [0.05, 0.1) is 36.0 Å². The Morgan fingerprint density at radius 1 is 0.810 bits per heavy atom. The zero-order chi connectivity index (χ0) is 28.7. The van der Waals surface area contributed by atoms with Crippen LogP contribution in [0.4, 0.5) is 17.1 Å². The fourth-order valence-corrected chi connectivity index (χ4v) is 7.45. The quantitative estimate of drug-likeness (QED) is 0.247. The second-order valence-electron chi connectivity index (χ2n) is 10.7. The van der Waals surface area contributed by atoms with E-state index < -0.39 is 4.99 Å². The van der Waals surface area contributed by atoms with Gasteiger partial charge in [-0.15, -0.1) is 0 Å². The third kappa shape index (κ3) is 4.52. The van der Waals surface area contributed by atoms with Crippen LogP contribution in [0.2, 0.25) is 0 Å². The second kappa shape index (κ2) is 10.7. The molecule has 0 saturated carbocycles. The number of anilines is 3. The van der Waals surface area contributed by atoms with E-state index in [-0.39, 0.29) is 11.9 Å². The third-order valence-corrected chi connectivity index (χ3v) is 9.36. The van der Waals surface area contributed by atoms with Crippen molar-refractivity contribution in [1.82, 2.24) is 0 Å². The minimum absolute atomic E-state index is 0.0610. The van der Waals surface area contributed by atoms with Crippen LogP contribution in [0.1, 0.15) is 36.9 Å². The number of benzene rings is 4. The normalized spacial score (nSPS) is 21.7. The first-order valence-corrected chi connectivity index (χ1v) is 15.1. The van der Waals surface area contributed by atoms with Crippen molar-refractivity contribution in [3.8, 4) is 5.75 Å². The second-order valence-corrected chi connectivity index (χ2v) is 11.9. The van der Waals surface area contributed by atoms with Gasteiger partial charge >= 0.3 is 0 Å². The Morgan fingerprint density at radius 2 is 1.48 bits per heavy atom. The van der Waals surface area contributed by atoms with Gasteiger partial charge in [-0.3, -0.25) is 14.7 Å². The Balaban J connectivity index is 1.20. The van der Waals surface area contributed by atoms with Gasteiger partial charge in [0, 0.05) is 24.2 Å². The van der Waals surface area contributed by atoms with Crippen molar-refractivity contribution in [2.75, 3.05) is 27.8 Å². The Morgan fingerprint density at radius 3 is 2.14 bits per heavy atom. The van der Waals surface area contributed by atoms with Gasteiger partial charge in [-0.1, -0.05) is 72.4 Å². The Kier molecular flexibility index (Phi) is 6.70. The number of amides is 1. The summed E-state index contributed by atoms with van der Waals surface area (Å²) in [7, 11) is 1.68. The molecule has 0 aliphatic carbocycles. The lowest BCUT2D eigenvalue weighted by molar-refractivity contribution is -0.116. The lowest BCUT2D eigenvalue weighted by Gasteiger charge is -2.40. The van der Waals surface area contributed by atoms with Gasteiger partial charge in [-0.2, -0.15) is 10.2 Å². The number of carbonyl (C=O) groups is 1. The van der Waals surface area contributed by atoms with Crippen molar-refractivity contribution in [3.63, 3.8) is 0 Å². The van der Waals surface area contributed by atoms with Crippen molar-refractivity contribution < 1.29 is 9.53 Å². The summed E-state index contributed by atoms with van der Waals surface area (Å²) in [5, 5.41) is 14.1. The van der Waals surface area contributed by atoms with E-state index in [1.807, 2.05) is 89.6 Å². The summed E-state index contributed by atoms with van der Waals surface area (Å²) in [6.07, 6.45) is 1.44. The molecule has 0 bridgehead atoms. The van der Waals surface area contributed by atoms with Crippen molar-refractivity contribution in [1.29, 1.82) is 0 Å². The molecule has 210 valence electrons. The number of hydrogen-bond donors (Lipinski definition) is 0. The van der Waals surface area contributed by atoms with E-state index in [4.69, 9.17) is 14.9 Å². The van der Waals surface area contributed by atoms with E-state index in [1.54, 1.807) is 18.9 Å². The van der Waals surface area contributed by atoms with Gasteiger partial charge < -0.3 is 4.74 Å². The summed E-state index contributed by atoms with van der Waals surface area (Å²) >= 11 is 1.65. The SMILES string of the molecule is COc1ccc(C2CC(c3ccc(N4C(=O)CSC45CC(C)=NN5c4ccccc4)cc3)=NN2c2ccccc2)cc1. The number of thioether (sulfide) groups is 1. The van der Waals surface area contributed by atoms with Crippen LogP contribution in [0.25, 0.3) is 0 Å². The number of nitrogens with zero attached hydrogens (tertiary/aromatic N) is 5. The molecule has 3 aliphatic rings. The predicted octanol–water partition coefficient (Wildman–Crippen LogP) is 7.07. The average molecular weight is 574 g/mol. The van der Waals surface area contributed by atoms with Gasteiger partial charge in [0.25, 0.3) is 0 Å². The highest BCUT2D eigenvalue weighted by Gasteiger charge is 2.55. The van der Waals surface area contributed by atoms with Crippen LogP contribution >= 0.6 is 11.8 Å². The number of methoxy groups -OCH3 is 1. The lowest BCUT2D eigenvalue weighted by Crippen LogP contribution is -2.53. The number of carbonyl (C=O) groups excluding carboxylic acids is 1. The zero-order valence-corrected chi connectivity index (χ0v) is 24.4. The molecule has 4 aromatic rings. The monoisotopic (exact) mass is 573 g/mol. The van der Waals surface area contributed by atoms with E-state index >= 15 is 0 Å². The molecule has 42 heavy (non-hydrogen) atoms. The van der Waals surface area contributed by atoms with Crippen molar-refractivity contribution >= 4 is 46.2 Å². The number of hydrazone groups is 2. The molecule has 3 heterocycles. The summed E-state index contributed by atoms with van der Waals surface area (Å²) in [4.78, 5) is 14.7. The maximum absolute atomic E-state index is 13.4. The molecular formula is C34H31N5O2S. The van der Waals surface area contributed by atoms with E-state index in [1.165, 1.54) is 5.56 Å². The number of ether oxygens (including phenoxy) is 1. The molecule has 7 rings (SSSR count). The summed E-state index contributed by atoms with van der Waals surface area (Å²) in [5.74, 6) is 1.34. The molecule has 0 N–H and O–H groups in total. The largest absolute Gasteiger partial charge is 0.497 e. The number of para-hydroxylation sites is 2. The van der Waals surface area contributed by atoms with Crippen LogP contribution in [0.5, 0.6) is 5.75 Å². The first-order valence-electron chi connectivity index (χ1n) is 14.1. The number of hydrogen-bond acceptors (Lipinski definition) is 7. The van der Waals surface area contributed by atoms with Gasteiger partial charge in [-0.25, -0.2) is 5.01 Å². The fraction of sp³-hybridized carbons (Fsp3) is 0.206. The van der Waals surface area contributed by atoms with E-state index in [0.717, 1.165) is 46.2 Å². The van der Waals surface area contributed by atoms with Crippen molar-refractivity contribution in [2.45, 2.75) is 30.8 Å². The van der Waals surface area contributed by atoms with Crippen LogP contribution < -0.4 is 19.7 Å². The average Bonchev–Trinajstić information content (AvgIpc) is 3.73. The smallest absolute Gasteiger partial charge is 0.239 e. The molecule has 1 fully saturated rings. The molecule has 1 saturated heterocycles. The molecule has 2 unspecified atom stereocenters. The van der Waals surface area contributed by atoms with Crippen LogP contribution in [-0.4, -0.2) is 35.2 Å². The molecule has 3 aliphatic heterocycles. The Bertz CT molecular complexity index is 1660. The Hall–Kier alpha value is -4.56. The highest BCUT2D eigenvalue weighted by Crippen LogP contribution is 2.50. The van der Waals surface area contributed by atoms with E-state index in [9.17, 15) is 4.79 Å². The minimum Gasteiger partial charge on any atom is -0.497 e. The molecule has 0 aromatic heterocycles. The van der Waals surface area contributed by atoms with Crippen LogP contribution in [0, 0.1) is 0 Å². The first-order chi connectivity index (χ1) is 20.6. The number of rotatable bonds is 6. The first kappa shape index (κ1) is 26.3. The molecule has 7 nitrogen and oxygen atoms in total. The van der Waals surface area contributed by atoms with Crippen LogP contribution in [0.3, 0.4) is 0 Å². The molecule has 2 atom stereocenters. The summed E-state index contributed by atoms with van der Waals surface area (Å²) in [6.45, 7) is 2.03. The maximum atomic E-state index is 13.4. The predicted molar refractivity (Wildman–Crippen MR) is 172 cm³/mol. The molecule has 1 amide bonds. The van der Waals surface area contributed by atoms with Gasteiger partial charge in [0.15, 0.2) is 4.99 Å². The van der Waals surface area contributed by atoms with Gasteiger partial charge in [0.1, 0.15) is 5.75 Å². The standard InChI is InChI=1S/C34H31N5O2S/c1-24-22-34(39(35-24)29-11-7-4-8-12-29)37(33(40)23-42-34)27-17-13-25(14-18-27)31-21-32(26-15-19-30(41-2)20-16-26)38(36-31)28-9-5-3-6-10-28/h3-20,32H,21-23H2,1-2H3. The van der Waals surface area contributed by atoms with E-state index in [2.05, 4.69) is 41.4 Å². The summed E-state index contributed by atoms with van der Waals surface area (Å²) < 4.78 is 5.39. The maximum Gasteiger partial charge on any atom is 0.239 e. The molecule has 4 aromatic carbocycles. The topological polar surface area (TPSA) is 60.7 Å². The van der Waals surface area contributed by atoms with Gasteiger partial charge in [0.2, 0.25) is 5.91 Å². The summed E-state index contributed by atoms with van der Waals surface area (Å²) in [5.41, 5.74) is 7.12.